The van der Waals surface area contributed by atoms with Crippen molar-refractivity contribution >= 4 is 0 Å². The second kappa shape index (κ2) is 8.26. The Morgan fingerprint density at radius 3 is 1.61 bits per heavy atom. The fourth-order valence-electron chi connectivity index (χ4n) is 2.00. The zero-order chi connectivity index (χ0) is 13.2. The Hall–Kier alpha value is -1.86. The third-order valence-corrected chi connectivity index (χ3v) is 2.81. The van der Waals surface area contributed by atoms with Gasteiger partial charge in [0.1, 0.15) is 0 Å². The minimum atomic E-state index is 0.430. The zero-order valence-electron chi connectivity index (χ0n) is 10.9. The Morgan fingerprint density at radius 1 is 0.889 bits per heavy atom. The van der Waals surface area contributed by atoms with Crippen LogP contribution in [0, 0.1) is 0 Å². The second-order valence-electron chi connectivity index (χ2n) is 3.90. The Bertz CT molecular complexity index is 394. The predicted molar refractivity (Wildman–Crippen MR) is 79.7 cm³/mol. The van der Waals surface area contributed by atoms with Gasteiger partial charge in [0.2, 0.25) is 0 Å². The van der Waals surface area contributed by atoms with Gasteiger partial charge in [0.15, 0.2) is 0 Å². The first-order valence-electron chi connectivity index (χ1n) is 6.20. The van der Waals surface area contributed by atoms with Gasteiger partial charge in [-0.1, -0.05) is 66.7 Å². The summed E-state index contributed by atoms with van der Waals surface area (Å²) in [5.74, 6) is 0.430. The molecule has 0 amide bonds. The number of hydrogen-bond acceptors (Lipinski definition) is 1. The summed E-state index contributed by atoms with van der Waals surface area (Å²) < 4.78 is 0. The van der Waals surface area contributed by atoms with Crippen molar-refractivity contribution in [1.29, 1.82) is 0 Å². The van der Waals surface area contributed by atoms with E-state index < -0.39 is 0 Å². The molecule has 0 aliphatic heterocycles. The van der Waals surface area contributed by atoms with Crippen molar-refractivity contribution in [3.63, 3.8) is 0 Å². The largest absolute Gasteiger partial charge is 0.333 e. The van der Waals surface area contributed by atoms with Gasteiger partial charge in [-0.2, -0.15) is 0 Å². The average Bonchev–Trinajstić information content (AvgIpc) is 2.49. The molecule has 0 fully saturated rings. The molecule has 0 aliphatic carbocycles. The first-order chi connectivity index (χ1) is 8.92. The first kappa shape index (κ1) is 14.2. The van der Waals surface area contributed by atoms with Crippen LogP contribution < -0.4 is 5.73 Å². The zero-order valence-corrected chi connectivity index (χ0v) is 10.9. The van der Waals surface area contributed by atoms with Crippen molar-refractivity contribution in [2.45, 2.75) is 12.3 Å². The molecule has 0 unspecified atom stereocenters. The highest BCUT2D eigenvalue weighted by Crippen LogP contribution is 2.27. The molecule has 0 saturated carbocycles. The number of benzene rings is 2. The van der Waals surface area contributed by atoms with Gasteiger partial charge in [-0.05, 0) is 24.6 Å². The van der Waals surface area contributed by atoms with Gasteiger partial charge in [-0.15, -0.1) is 6.58 Å². The molecule has 0 atom stereocenters. The third-order valence-electron chi connectivity index (χ3n) is 2.81. The van der Waals surface area contributed by atoms with E-state index in [9.17, 15) is 0 Å². The van der Waals surface area contributed by atoms with E-state index in [2.05, 4.69) is 73.0 Å². The van der Waals surface area contributed by atoms with Gasteiger partial charge < -0.3 is 5.73 Å². The van der Waals surface area contributed by atoms with E-state index in [1.807, 2.05) is 6.08 Å². The molecule has 2 aromatic carbocycles. The van der Waals surface area contributed by atoms with Gasteiger partial charge >= 0.3 is 0 Å². The highest BCUT2D eigenvalue weighted by molar-refractivity contribution is 5.32. The molecule has 0 spiro atoms. The lowest BCUT2D eigenvalue weighted by Gasteiger charge is -2.15. The standard InChI is InChI=1S/C16H16.CH5N/c1-2-9-16(14-10-5-3-6-11-14)15-12-7-4-8-13-15;1-2/h2-8,10-13,16H,1,9H2;2H2,1H3. The lowest BCUT2D eigenvalue weighted by molar-refractivity contribution is 0.831. The number of nitrogens with two attached hydrogens (primary N) is 1. The normalized spacial score (nSPS) is 9.50. The van der Waals surface area contributed by atoms with Crippen molar-refractivity contribution in [2.24, 2.45) is 5.73 Å². The SMILES string of the molecule is C=CCC(c1ccccc1)c1ccccc1.CN. The maximum Gasteiger partial charge on any atom is 0.0124 e. The number of rotatable bonds is 4. The first-order valence-corrected chi connectivity index (χ1v) is 6.20. The van der Waals surface area contributed by atoms with E-state index in [4.69, 9.17) is 0 Å². The van der Waals surface area contributed by atoms with E-state index in [0.717, 1.165) is 6.42 Å². The van der Waals surface area contributed by atoms with E-state index in [0.29, 0.717) is 5.92 Å². The molecule has 1 heteroatoms. The monoisotopic (exact) mass is 239 g/mol. The Morgan fingerprint density at radius 2 is 1.28 bits per heavy atom. The van der Waals surface area contributed by atoms with Crippen LogP contribution in [0.2, 0.25) is 0 Å². The Labute approximate surface area is 110 Å². The van der Waals surface area contributed by atoms with Gasteiger partial charge in [-0.25, -0.2) is 0 Å². The summed E-state index contributed by atoms with van der Waals surface area (Å²) in [4.78, 5) is 0. The molecule has 1 nitrogen and oxygen atoms in total. The van der Waals surface area contributed by atoms with Crippen molar-refractivity contribution in [3.8, 4) is 0 Å². The summed E-state index contributed by atoms with van der Waals surface area (Å²) in [5, 5.41) is 0. The Kier molecular flexibility index (Phi) is 6.52. The molecule has 2 N–H and O–H groups in total. The van der Waals surface area contributed by atoms with Crippen LogP contribution in [0.15, 0.2) is 73.3 Å². The number of allylic oxidation sites excluding steroid dienone is 1. The summed E-state index contributed by atoms with van der Waals surface area (Å²) in [6.07, 6.45) is 2.97. The van der Waals surface area contributed by atoms with Crippen LogP contribution in [0.25, 0.3) is 0 Å². The Balaban J connectivity index is 0.000000771. The van der Waals surface area contributed by atoms with Crippen molar-refractivity contribution in [1.82, 2.24) is 0 Å². The van der Waals surface area contributed by atoms with Gasteiger partial charge in [0.25, 0.3) is 0 Å². The minimum absolute atomic E-state index is 0.430. The molecule has 0 heterocycles. The topological polar surface area (TPSA) is 26.0 Å². The molecule has 0 radical (unpaired) electrons. The van der Waals surface area contributed by atoms with Crippen LogP contribution in [0.1, 0.15) is 23.5 Å². The van der Waals surface area contributed by atoms with Crippen LogP contribution in [0.3, 0.4) is 0 Å². The smallest absolute Gasteiger partial charge is 0.0124 e. The second-order valence-corrected chi connectivity index (χ2v) is 3.90. The highest BCUT2D eigenvalue weighted by Gasteiger charge is 2.11. The number of hydrogen-bond donors (Lipinski definition) is 1. The fraction of sp³-hybridized carbons (Fsp3) is 0.176. The maximum absolute atomic E-state index is 4.50. The summed E-state index contributed by atoms with van der Waals surface area (Å²) >= 11 is 0. The van der Waals surface area contributed by atoms with Gasteiger partial charge in [0.05, 0.1) is 0 Å². The lowest BCUT2D eigenvalue weighted by Crippen LogP contribution is -1.99. The van der Waals surface area contributed by atoms with Crippen molar-refractivity contribution in [2.75, 3.05) is 7.05 Å². The van der Waals surface area contributed by atoms with Gasteiger partial charge in [-0.3, -0.25) is 0 Å². The molecular weight excluding hydrogens is 218 g/mol. The van der Waals surface area contributed by atoms with E-state index in [1.165, 1.54) is 18.2 Å². The molecule has 0 saturated heterocycles. The van der Waals surface area contributed by atoms with E-state index in [-0.39, 0.29) is 0 Å². The highest BCUT2D eigenvalue weighted by atomic mass is 14.4. The van der Waals surface area contributed by atoms with Crippen LogP contribution >= 0.6 is 0 Å². The molecule has 2 aromatic rings. The predicted octanol–water partition coefficient (Wildman–Crippen LogP) is 3.97. The molecule has 94 valence electrons. The summed E-state index contributed by atoms with van der Waals surface area (Å²) in [7, 11) is 1.50. The molecule has 2 rings (SSSR count). The van der Waals surface area contributed by atoms with E-state index >= 15 is 0 Å². The van der Waals surface area contributed by atoms with Crippen LogP contribution in [-0.4, -0.2) is 7.05 Å². The molecule has 0 bridgehead atoms. The molecule has 18 heavy (non-hydrogen) atoms. The maximum atomic E-state index is 4.50. The quantitative estimate of drug-likeness (QED) is 0.803. The molecular formula is C17H21N. The van der Waals surface area contributed by atoms with Gasteiger partial charge in [0, 0.05) is 5.92 Å². The molecule has 0 aromatic heterocycles. The van der Waals surface area contributed by atoms with Crippen LogP contribution in [0.4, 0.5) is 0 Å². The van der Waals surface area contributed by atoms with Crippen LogP contribution in [-0.2, 0) is 0 Å². The summed E-state index contributed by atoms with van der Waals surface area (Å²) in [6.45, 7) is 3.85. The average molecular weight is 239 g/mol. The molecule has 0 aliphatic rings. The summed E-state index contributed by atoms with van der Waals surface area (Å²) in [5.41, 5.74) is 7.21. The van der Waals surface area contributed by atoms with Crippen molar-refractivity contribution in [3.05, 3.63) is 84.4 Å². The lowest BCUT2D eigenvalue weighted by atomic mass is 9.89. The van der Waals surface area contributed by atoms with Crippen LogP contribution in [0.5, 0.6) is 0 Å². The minimum Gasteiger partial charge on any atom is -0.333 e. The third kappa shape index (κ3) is 3.86. The van der Waals surface area contributed by atoms with Crippen molar-refractivity contribution < 1.29 is 0 Å². The fourth-order valence-corrected chi connectivity index (χ4v) is 2.00. The van der Waals surface area contributed by atoms with E-state index in [1.54, 1.807) is 0 Å². The summed E-state index contributed by atoms with van der Waals surface area (Å²) in [6, 6.07) is 21.2.